The molecule has 0 saturated heterocycles. The van der Waals surface area contributed by atoms with E-state index in [4.69, 9.17) is 23.2 Å². The van der Waals surface area contributed by atoms with Crippen LogP contribution in [0.1, 0.15) is 22.3 Å². The second-order valence-corrected chi connectivity index (χ2v) is 7.82. The summed E-state index contributed by atoms with van der Waals surface area (Å²) in [5.41, 5.74) is 6.95. The molecule has 0 fully saturated rings. The average molecular weight is 427 g/mol. The van der Waals surface area contributed by atoms with Gasteiger partial charge in [-0.3, -0.25) is 0 Å². The van der Waals surface area contributed by atoms with E-state index >= 15 is 0 Å². The molecule has 0 unspecified atom stereocenters. The summed E-state index contributed by atoms with van der Waals surface area (Å²) in [7, 11) is 0. The second-order valence-electron chi connectivity index (χ2n) is 6.94. The first-order chi connectivity index (χ1) is 14.7. The van der Waals surface area contributed by atoms with Gasteiger partial charge in [0.2, 0.25) is 0 Å². The van der Waals surface area contributed by atoms with Gasteiger partial charge in [0, 0.05) is 10.0 Å². The highest BCUT2D eigenvalue weighted by Crippen LogP contribution is 2.30. The van der Waals surface area contributed by atoms with Gasteiger partial charge in [-0.25, -0.2) is 0 Å². The van der Waals surface area contributed by atoms with Crippen molar-refractivity contribution in [3.8, 4) is 11.1 Å². The molecule has 4 aromatic carbocycles. The van der Waals surface area contributed by atoms with Gasteiger partial charge < -0.3 is 0 Å². The molecular weight excluding hydrogens is 407 g/mol. The SMILES string of the molecule is Clc1ccc(/C=C\c2ccccc2-c2ccccc2/C=C/c2ccc(Cl)cc2)cc1. The molecule has 146 valence electrons. The average Bonchev–Trinajstić information content (AvgIpc) is 2.79. The zero-order valence-electron chi connectivity index (χ0n) is 16.3. The van der Waals surface area contributed by atoms with Gasteiger partial charge in [-0.15, -0.1) is 0 Å². The molecule has 0 bridgehead atoms. The van der Waals surface area contributed by atoms with Gasteiger partial charge in [-0.1, -0.05) is 120 Å². The van der Waals surface area contributed by atoms with Gasteiger partial charge in [0.15, 0.2) is 0 Å². The molecule has 0 heterocycles. The highest BCUT2D eigenvalue weighted by molar-refractivity contribution is 6.30. The summed E-state index contributed by atoms with van der Waals surface area (Å²) in [5, 5.41) is 1.49. The molecule has 0 aliphatic heterocycles. The van der Waals surface area contributed by atoms with Gasteiger partial charge in [-0.05, 0) is 57.6 Å². The van der Waals surface area contributed by atoms with E-state index in [-0.39, 0.29) is 0 Å². The van der Waals surface area contributed by atoms with E-state index in [1.54, 1.807) is 0 Å². The van der Waals surface area contributed by atoms with Gasteiger partial charge in [0.1, 0.15) is 0 Å². The molecule has 0 aliphatic carbocycles. The molecule has 0 N–H and O–H groups in total. The summed E-state index contributed by atoms with van der Waals surface area (Å²) >= 11 is 12.0. The van der Waals surface area contributed by atoms with Crippen LogP contribution in [0.15, 0.2) is 97.1 Å². The predicted octanol–water partition coefficient (Wildman–Crippen LogP) is 9.00. The van der Waals surface area contributed by atoms with Gasteiger partial charge >= 0.3 is 0 Å². The van der Waals surface area contributed by atoms with Crippen molar-refractivity contribution in [1.29, 1.82) is 0 Å². The molecule has 0 saturated carbocycles. The van der Waals surface area contributed by atoms with Crippen molar-refractivity contribution >= 4 is 47.5 Å². The first-order valence-corrected chi connectivity index (χ1v) is 10.5. The fourth-order valence-corrected chi connectivity index (χ4v) is 3.55. The number of hydrogen-bond acceptors (Lipinski definition) is 0. The Kier molecular flexibility index (Phi) is 6.49. The predicted molar refractivity (Wildman–Crippen MR) is 133 cm³/mol. The van der Waals surface area contributed by atoms with Crippen molar-refractivity contribution in [3.05, 3.63) is 129 Å². The highest BCUT2D eigenvalue weighted by Gasteiger charge is 2.06. The van der Waals surface area contributed by atoms with E-state index in [9.17, 15) is 0 Å². The minimum Gasteiger partial charge on any atom is -0.0843 e. The molecule has 0 radical (unpaired) electrons. The molecule has 2 heteroatoms. The Hall–Kier alpha value is -3.06. The van der Waals surface area contributed by atoms with E-state index < -0.39 is 0 Å². The lowest BCUT2D eigenvalue weighted by molar-refractivity contribution is 1.57. The van der Waals surface area contributed by atoms with E-state index in [1.807, 2.05) is 48.5 Å². The molecule has 0 atom stereocenters. The largest absolute Gasteiger partial charge is 0.0843 e. The quantitative estimate of drug-likeness (QED) is 0.279. The van der Waals surface area contributed by atoms with Crippen LogP contribution in [0.5, 0.6) is 0 Å². The van der Waals surface area contributed by atoms with E-state index in [2.05, 4.69) is 72.8 Å². The molecule has 0 spiro atoms. The normalized spacial score (nSPS) is 11.4. The van der Waals surface area contributed by atoms with Crippen LogP contribution in [0.4, 0.5) is 0 Å². The topological polar surface area (TPSA) is 0 Å². The van der Waals surface area contributed by atoms with Crippen molar-refractivity contribution in [2.24, 2.45) is 0 Å². The van der Waals surface area contributed by atoms with Gasteiger partial charge in [0.25, 0.3) is 0 Å². The van der Waals surface area contributed by atoms with Crippen molar-refractivity contribution in [1.82, 2.24) is 0 Å². The third-order valence-corrected chi connectivity index (χ3v) is 5.37. The van der Waals surface area contributed by atoms with Crippen molar-refractivity contribution in [3.63, 3.8) is 0 Å². The summed E-state index contributed by atoms with van der Waals surface area (Å²) in [6, 6.07) is 32.6. The zero-order chi connectivity index (χ0) is 20.8. The second kappa shape index (κ2) is 9.63. The monoisotopic (exact) mass is 426 g/mol. The van der Waals surface area contributed by atoms with E-state index in [0.29, 0.717) is 0 Å². The Bertz CT molecular complexity index is 1090. The zero-order valence-corrected chi connectivity index (χ0v) is 17.8. The van der Waals surface area contributed by atoms with Crippen LogP contribution in [0.3, 0.4) is 0 Å². The lowest BCUT2D eigenvalue weighted by Gasteiger charge is -2.10. The number of halogens is 2. The summed E-state index contributed by atoms with van der Waals surface area (Å²) in [6.07, 6.45) is 8.53. The van der Waals surface area contributed by atoms with Crippen LogP contribution < -0.4 is 0 Å². The lowest BCUT2D eigenvalue weighted by atomic mass is 9.94. The Morgan fingerprint density at radius 2 is 0.767 bits per heavy atom. The molecule has 30 heavy (non-hydrogen) atoms. The Labute approximate surface area is 187 Å². The van der Waals surface area contributed by atoms with E-state index in [0.717, 1.165) is 21.2 Å². The van der Waals surface area contributed by atoms with Crippen molar-refractivity contribution in [2.45, 2.75) is 0 Å². The summed E-state index contributed by atoms with van der Waals surface area (Å²) < 4.78 is 0. The smallest absolute Gasteiger partial charge is 0.0406 e. The Balaban J connectivity index is 1.68. The molecule has 0 aliphatic rings. The molecule has 0 amide bonds. The standard InChI is InChI=1S/C28H20Cl2/c29-25-17-11-21(12-18-25)9-15-23-5-1-3-7-27(23)28-8-4-2-6-24(28)16-10-22-13-19-26(30)20-14-22/h1-20H/b15-9-,16-10+. The highest BCUT2D eigenvalue weighted by atomic mass is 35.5. The minimum absolute atomic E-state index is 0.744. The molecular formula is C28H20Cl2. The van der Waals surface area contributed by atoms with Crippen LogP contribution in [-0.2, 0) is 0 Å². The fraction of sp³-hybridized carbons (Fsp3) is 0. The molecule has 4 aromatic rings. The molecule has 0 nitrogen and oxygen atoms in total. The van der Waals surface area contributed by atoms with Crippen molar-refractivity contribution in [2.75, 3.05) is 0 Å². The summed E-state index contributed by atoms with van der Waals surface area (Å²) in [5.74, 6) is 0. The minimum atomic E-state index is 0.744. The van der Waals surface area contributed by atoms with Crippen LogP contribution in [0, 0.1) is 0 Å². The number of hydrogen-bond donors (Lipinski definition) is 0. The maximum atomic E-state index is 6.00. The first-order valence-electron chi connectivity index (χ1n) is 9.75. The summed E-state index contributed by atoms with van der Waals surface area (Å²) in [6.45, 7) is 0. The Morgan fingerprint density at radius 3 is 1.17 bits per heavy atom. The lowest BCUT2D eigenvalue weighted by Crippen LogP contribution is -1.87. The first kappa shape index (κ1) is 20.2. The Morgan fingerprint density at radius 1 is 0.400 bits per heavy atom. The fourth-order valence-electron chi connectivity index (χ4n) is 3.30. The third kappa shape index (κ3) is 5.10. The number of rotatable bonds is 5. The van der Waals surface area contributed by atoms with Crippen LogP contribution in [0.2, 0.25) is 10.0 Å². The van der Waals surface area contributed by atoms with Gasteiger partial charge in [-0.2, -0.15) is 0 Å². The maximum Gasteiger partial charge on any atom is 0.0406 e. The summed E-state index contributed by atoms with van der Waals surface area (Å²) in [4.78, 5) is 0. The molecule has 4 rings (SSSR count). The molecule has 0 aromatic heterocycles. The van der Waals surface area contributed by atoms with Gasteiger partial charge in [0.05, 0.1) is 0 Å². The van der Waals surface area contributed by atoms with Crippen molar-refractivity contribution < 1.29 is 0 Å². The third-order valence-electron chi connectivity index (χ3n) is 4.86. The van der Waals surface area contributed by atoms with E-state index in [1.165, 1.54) is 22.3 Å². The van der Waals surface area contributed by atoms with Crippen LogP contribution in [-0.4, -0.2) is 0 Å². The van der Waals surface area contributed by atoms with Crippen LogP contribution in [0.25, 0.3) is 35.4 Å². The maximum absolute atomic E-state index is 6.00. The number of benzene rings is 4. The van der Waals surface area contributed by atoms with Crippen LogP contribution >= 0.6 is 23.2 Å².